The number of ether oxygens (including phenoxy) is 11. The molecule has 0 unspecified atom stereocenters. The molecular formula is C63H112ClN5O24. The number of hydrogen-bond acceptors (Lipinski definition) is 24. The number of carboxylic acid groups (broad SMARTS) is 1. The van der Waals surface area contributed by atoms with Gasteiger partial charge in [0.2, 0.25) is 0 Å². The topological polar surface area (TPSA) is 358 Å². The minimum atomic E-state index is -1.48. The van der Waals surface area contributed by atoms with Crippen molar-refractivity contribution in [3.05, 3.63) is 0 Å². The Kier molecular flexibility index (Phi) is 36.2. The number of piperidine rings is 5. The second-order valence-corrected chi connectivity index (χ2v) is 26.6. The van der Waals surface area contributed by atoms with Crippen molar-refractivity contribution in [1.82, 2.24) is 24.9 Å². The quantitative estimate of drug-likeness (QED) is 0.0791. The second kappa shape index (κ2) is 38.6. The molecule has 540 valence electrons. The molecule has 0 saturated carbocycles. The normalized spacial score (nSPS) is 18.8. The smallest absolute Gasteiger partial charge is 0.410 e. The van der Waals surface area contributed by atoms with Crippen molar-refractivity contribution in [2.24, 2.45) is 0 Å². The number of halogens is 1. The SMILES string of the molecule is CCOC(=O)C1(O)CCN(C(=O)OC(C)(C)C)CC1.CCOC(=O)C1(O)CCNCC1.CCOC(=O)C1(OC)CCN(C(=O)OC(C)(C)C)CC1.CCOC(=O)CC(=O)C1(OC)CCN(C(=O)OC(C)(C)C)CC1.COC1(C(=O)O)CCN(C(=O)OC(C)(C)C)CC1.Cl. The third-order valence-electron chi connectivity index (χ3n) is 15.0. The van der Waals surface area contributed by atoms with Crippen LogP contribution in [0.3, 0.4) is 0 Å². The van der Waals surface area contributed by atoms with E-state index >= 15 is 0 Å². The largest absolute Gasteiger partial charge is 0.479 e. The summed E-state index contributed by atoms with van der Waals surface area (Å²) in [5.41, 5.74) is -8.03. The lowest BCUT2D eigenvalue weighted by molar-refractivity contribution is -0.174. The Morgan fingerprint density at radius 1 is 0.387 bits per heavy atom. The summed E-state index contributed by atoms with van der Waals surface area (Å²) in [5, 5.41) is 32.1. The molecule has 5 saturated heterocycles. The van der Waals surface area contributed by atoms with Crippen LogP contribution in [0.15, 0.2) is 0 Å². The van der Waals surface area contributed by atoms with Gasteiger partial charge >= 0.3 is 54.2 Å². The average Bonchev–Trinajstić information content (AvgIpc) is 0.861. The van der Waals surface area contributed by atoms with Crippen LogP contribution in [0.2, 0.25) is 0 Å². The highest BCUT2D eigenvalue weighted by molar-refractivity contribution is 6.00. The van der Waals surface area contributed by atoms with Gasteiger partial charge in [-0.3, -0.25) is 9.59 Å². The number of aliphatic hydroxyl groups is 2. The Morgan fingerprint density at radius 2 is 0.645 bits per heavy atom. The molecule has 4 amide bonds. The Bertz CT molecular complexity index is 2380. The number of esters is 4. The molecule has 5 fully saturated rings. The van der Waals surface area contributed by atoms with Crippen LogP contribution in [0.5, 0.6) is 0 Å². The fourth-order valence-electron chi connectivity index (χ4n) is 9.66. The van der Waals surface area contributed by atoms with E-state index in [1.54, 1.807) is 99.8 Å². The van der Waals surface area contributed by atoms with Gasteiger partial charge in [-0.25, -0.2) is 38.4 Å². The van der Waals surface area contributed by atoms with Gasteiger partial charge in [0.05, 0.1) is 26.4 Å². The third-order valence-corrected chi connectivity index (χ3v) is 15.0. The van der Waals surface area contributed by atoms with Gasteiger partial charge in [0.1, 0.15) is 34.4 Å². The lowest BCUT2D eigenvalue weighted by Gasteiger charge is -2.39. The maximum Gasteiger partial charge on any atom is 0.410 e. The molecule has 30 heteroatoms. The summed E-state index contributed by atoms with van der Waals surface area (Å²) in [6, 6.07) is 0. The highest BCUT2D eigenvalue weighted by atomic mass is 35.5. The van der Waals surface area contributed by atoms with Crippen molar-refractivity contribution in [2.75, 3.05) is 113 Å². The Morgan fingerprint density at radius 3 is 0.914 bits per heavy atom. The number of amides is 4. The third kappa shape index (κ3) is 29.8. The van der Waals surface area contributed by atoms with Crippen molar-refractivity contribution >= 4 is 72.4 Å². The van der Waals surface area contributed by atoms with Crippen LogP contribution in [-0.4, -0.2) is 259 Å². The number of likely N-dealkylation sites (tertiary alicyclic amines) is 4. The van der Waals surface area contributed by atoms with Crippen LogP contribution in [-0.2, 0) is 80.9 Å². The molecule has 5 rings (SSSR count). The molecule has 0 radical (unpaired) electrons. The van der Waals surface area contributed by atoms with E-state index < -0.39 is 92.6 Å². The molecule has 29 nitrogen and oxygen atoms in total. The number of carboxylic acids is 1. The van der Waals surface area contributed by atoms with Crippen LogP contribution in [0, 0.1) is 0 Å². The number of aliphatic carboxylic acids is 1. The predicted octanol–water partition coefficient (Wildman–Crippen LogP) is 6.77. The molecular weight excluding hydrogens is 1250 g/mol. The summed E-state index contributed by atoms with van der Waals surface area (Å²) in [4.78, 5) is 124. The molecule has 0 bridgehead atoms. The summed E-state index contributed by atoms with van der Waals surface area (Å²) < 4.78 is 56.5. The van der Waals surface area contributed by atoms with E-state index in [1.807, 2.05) is 20.8 Å². The average molecular weight is 1360 g/mol. The number of Topliss-reactive ketones (excluding diaryl/α,β-unsaturated/α-hetero) is 1. The monoisotopic (exact) mass is 1360 g/mol. The van der Waals surface area contributed by atoms with E-state index in [2.05, 4.69) is 5.32 Å². The molecule has 0 aromatic carbocycles. The van der Waals surface area contributed by atoms with Gasteiger partial charge < -0.3 is 92.3 Å². The van der Waals surface area contributed by atoms with Crippen LogP contribution in [0.25, 0.3) is 0 Å². The summed E-state index contributed by atoms with van der Waals surface area (Å²) >= 11 is 0. The summed E-state index contributed by atoms with van der Waals surface area (Å²) in [6.45, 7) is 33.8. The molecule has 5 heterocycles. The van der Waals surface area contributed by atoms with Crippen molar-refractivity contribution in [3.8, 4) is 0 Å². The van der Waals surface area contributed by atoms with Gasteiger partial charge in [-0.05, 0) is 137 Å². The van der Waals surface area contributed by atoms with Gasteiger partial charge in [0.15, 0.2) is 28.2 Å². The number of carbonyl (C=O) groups excluding carboxylic acids is 9. The van der Waals surface area contributed by atoms with Gasteiger partial charge in [0.25, 0.3) is 0 Å². The Labute approximate surface area is 555 Å². The number of nitrogens with one attached hydrogen (secondary N) is 1. The van der Waals surface area contributed by atoms with E-state index in [0.29, 0.717) is 104 Å². The number of methoxy groups -OCH3 is 3. The zero-order chi connectivity index (χ0) is 70.7. The van der Waals surface area contributed by atoms with Crippen LogP contribution in [0.4, 0.5) is 19.2 Å². The zero-order valence-electron chi connectivity index (χ0n) is 58.8. The molecule has 4 N–H and O–H groups in total. The highest BCUT2D eigenvalue weighted by Gasteiger charge is 2.48. The lowest BCUT2D eigenvalue weighted by Crippen LogP contribution is -2.53. The van der Waals surface area contributed by atoms with Crippen molar-refractivity contribution in [2.45, 2.75) is 232 Å². The molecule has 5 aliphatic heterocycles. The molecule has 0 aliphatic carbocycles. The molecule has 0 aromatic rings. The first-order valence-corrected chi connectivity index (χ1v) is 31.6. The lowest BCUT2D eigenvalue weighted by atomic mass is 9.85. The first kappa shape index (κ1) is 87.2. The zero-order valence-corrected chi connectivity index (χ0v) is 59.6. The minimum absolute atomic E-state index is 0. The maximum atomic E-state index is 12.4. The minimum Gasteiger partial charge on any atom is -0.479 e. The van der Waals surface area contributed by atoms with Crippen molar-refractivity contribution < 1.29 is 115 Å². The molecule has 0 aromatic heterocycles. The van der Waals surface area contributed by atoms with E-state index in [9.17, 15) is 58.2 Å². The Hall–Kier alpha value is -5.85. The Balaban J connectivity index is 0.00000115. The summed E-state index contributed by atoms with van der Waals surface area (Å²) in [7, 11) is 4.34. The predicted molar refractivity (Wildman–Crippen MR) is 340 cm³/mol. The van der Waals surface area contributed by atoms with Crippen LogP contribution in [0.1, 0.15) is 181 Å². The van der Waals surface area contributed by atoms with E-state index in [0.717, 1.165) is 0 Å². The van der Waals surface area contributed by atoms with Gasteiger partial charge in [-0.15, -0.1) is 12.4 Å². The van der Waals surface area contributed by atoms with Crippen molar-refractivity contribution in [1.29, 1.82) is 0 Å². The molecule has 0 spiro atoms. The first-order chi connectivity index (χ1) is 42.4. The van der Waals surface area contributed by atoms with E-state index in [-0.39, 0.29) is 88.7 Å². The second-order valence-electron chi connectivity index (χ2n) is 26.6. The fraction of sp³-hybridized carbons (Fsp3) is 0.841. The maximum absolute atomic E-state index is 12.4. The fourth-order valence-corrected chi connectivity index (χ4v) is 9.66. The molecule has 5 aliphatic rings. The van der Waals surface area contributed by atoms with E-state index in [1.165, 1.54) is 31.1 Å². The number of carbonyl (C=O) groups is 10. The van der Waals surface area contributed by atoms with Crippen molar-refractivity contribution in [3.63, 3.8) is 0 Å². The number of hydrogen-bond donors (Lipinski definition) is 4. The summed E-state index contributed by atoms with van der Waals surface area (Å²) in [5.74, 6) is -3.28. The number of rotatable bonds is 14. The number of ketones is 1. The van der Waals surface area contributed by atoms with Crippen LogP contribution < -0.4 is 5.32 Å². The number of nitrogens with zero attached hydrogens (tertiary/aromatic N) is 4. The standard InChI is InChI=1S/C16H27NO6.C14H25NO5.C13H23NO5.C12H21NO5.C8H15NO3.ClH/c1-6-22-13(19)11-12(18)16(21-5)7-9-17(10-8-16)14(20)23-15(2,3)4;1-6-19-11(16)14(18-5)7-9-15(10-8-14)12(17)20-13(2,3)4;1-5-18-10(15)13(17)6-8-14(9-7-13)11(16)19-12(2,3)4;1-11(2,3)18-10(16)13-7-5-12(17-4,6-8-13)9(14)15;1-2-12-7(10)8(11)3-5-9-6-4-8;/h6-11H2,1-5H3;6-10H2,1-5H3;17H,5-9H2,1-4H3;5-8H2,1-4H3,(H,14,15);9,11H,2-6H2,1H3;1H. The van der Waals surface area contributed by atoms with Gasteiger partial charge in [-0.2, -0.15) is 0 Å². The molecule has 0 atom stereocenters. The first-order valence-electron chi connectivity index (χ1n) is 31.6. The van der Waals surface area contributed by atoms with E-state index in [4.69, 9.17) is 57.2 Å². The van der Waals surface area contributed by atoms with Crippen LogP contribution >= 0.6 is 12.4 Å². The summed E-state index contributed by atoms with van der Waals surface area (Å²) in [6.07, 6.45) is 1.41. The molecule has 93 heavy (non-hydrogen) atoms. The van der Waals surface area contributed by atoms with Gasteiger partial charge in [-0.1, -0.05) is 0 Å². The highest BCUT2D eigenvalue weighted by Crippen LogP contribution is 2.32. The van der Waals surface area contributed by atoms with Gasteiger partial charge in [0, 0.05) is 125 Å².